The molecule has 31 heavy (non-hydrogen) atoms. The van der Waals surface area contributed by atoms with E-state index in [4.69, 9.17) is 9.72 Å². The largest absolute Gasteiger partial charge is 0.497 e. The zero-order valence-corrected chi connectivity index (χ0v) is 19.7. The Morgan fingerprint density at radius 2 is 1.84 bits per heavy atom. The van der Waals surface area contributed by atoms with Crippen LogP contribution in [0.1, 0.15) is 16.1 Å². The summed E-state index contributed by atoms with van der Waals surface area (Å²) in [4.78, 5) is 7.46. The van der Waals surface area contributed by atoms with Crippen LogP contribution in [-0.4, -0.2) is 55.9 Å². The van der Waals surface area contributed by atoms with E-state index in [1.807, 2.05) is 50.2 Å². The summed E-state index contributed by atoms with van der Waals surface area (Å²) in [7, 11) is -1.81. The Balaban J connectivity index is 1.40. The molecule has 0 spiro atoms. The molecule has 1 aromatic heterocycles. The lowest BCUT2D eigenvalue weighted by Gasteiger charge is -2.33. The van der Waals surface area contributed by atoms with Crippen LogP contribution in [0.3, 0.4) is 0 Å². The van der Waals surface area contributed by atoms with Gasteiger partial charge in [-0.15, -0.1) is 11.3 Å². The van der Waals surface area contributed by atoms with Crippen molar-refractivity contribution < 1.29 is 13.2 Å². The van der Waals surface area contributed by atoms with E-state index < -0.39 is 10.0 Å². The van der Waals surface area contributed by atoms with E-state index in [0.29, 0.717) is 31.1 Å². The highest BCUT2D eigenvalue weighted by atomic mass is 32.2. The Bertz CT molecular complexity index is 1170. The number of aryl methyl sites for hydroxylation is 2. The Hall–Kier alpha value is -2.26. The zero-order valence-electron chi connectivity index (χ0n) is 18.0. The number of nitrogens with zero attached hydrogens (tertiary/aromatic N) is 3. The van der Waals surface area contributed by atoms with E-state index in [9.17, 15) is 8.42 Å². The monoisotopic (exact) mass is 457 g/mol. The van der Waals surface area contributed by atoms with Gasteiger partial charge in [0.1, 0.15) is 10.8 Å². The lowest BCUT2D eigenvalue weighted by Crippen LogP contribution is -2.48. The van der Waals surface area contributed by atoms with Crippen molar-refractivity contribution >= 4 is 21.4 Å². The number of aromatic nitrogens is 1. The van der Waals surface area contributed by atoms with Crippen LogP contribution in [0.5, 0.6) is 5.75 Å². The third-order valence-corrected chi connectivity index (χ3v) is 8.44. The smallest absolute Gasteiger partial charge is 0.243 e. The normalized spacial score (nSPS) is 15.8. The number of rotatable bonds is 6. The SMILES string of the molecule is COc1cccc(-c2csc(CN3CCN(S(=O)(=O)c4cc(C)ccc4C)CC3)n2)c1. The van der Waals surface area contributed by atoms with Crippen molar-refractivity contribution in [3.8, 4) is 17.0 Å². The molecule has 4 rings (SSSR count). The van der Waals surface area contributed by atoms with E-state index in [1.165, 1.54) is 0 Å². The second kappa shape index (κ2) is 9.08. The Kier molecular flexibility index (Phi) is 6.43. The van der Waals surface area contributed by atoms with Gasteiger partial charge in [0.05, 0.1) is 24.2 Å². The average Bonchev–Trinajstić information content (AvgIpc) is 3.24. The Labute approximate surface area is 188 Å². The Morgan fingerprint density at radius 3 is 2.58 bits per heavy atom. The molecule has 0 radical (unpaired) electrons. The van der Waals surface area contributed by atoms with Crippen LogP contribution < -0.4 is 4.74 Å². The number of benzene rings is 2. The predicted molar refractivity (Wildman–Crippen MR) is 124 cm³/mol. The summed E-state index contributed by atoms with van der Waals surface area (Å²) in [5, 5.41) is 3.09. The van der Waals surface area contributed by atoms with E-state index in [-0.39, 0.29) is 0 Å². The number of hydrogen-bond donors (Lipinski definition) is 0. The molecule has 0 unspecified atom stereocenters. The third kappa shape index (κ3) is 4.82. The van der Waals surface area contributed by atoms with Gasteiger partial charge in [0, 0.05) is 37.1 Å². The van der Waals surface area contributed by atoms with Crippen molar-refractivity contribution in [1.82, 2.24) is 14.2 Å². The van der Waals surface area contributed by atoms with E-state index >= 15 is 0 Å². The third-order valence-electron chi connectivity index (χ3n) is 5.57. The van der Waals surface area contributed by atoms with Gasteiger partial charge in [-0.1, -0.05) is 24.3 Å². The molecule has 2 aromatic carbocycles. The summed E-state index contributed by atoms with van der Waals surface area (Å²) < 4.78 is 33.2. The molecule has 0 bridgehead atoms. The standard InChI is InChI=1S/C23H27N3O3S2/c1-17-7-8-18(2)22(13-17)31(27,28)26-11-9-25(10-12-26)15-23-24-21(16-30-23)19-5-4-6-20(14-19)29-3/h4-8,13-14,16H,9-12,15H2,1-3H3. The minimum absolute atomic E-state index is 0.420. The van der Waals surface area contributed by atoms with Crippen LogP contribution in [0, 0.1) is 13.8 Å². The van der Waals surface area contributed by atoms with Gasteiger partial charge in [-0.05, 0) is 43.2 Å². The van der Waals surface area contributed by atoms with Crippen molar-refractivity contribution in [1.29, 1.82) is 0 Å². The second-order valence-electron chi connectivity index (χ2n) is 7.81. The van der Waals surface area contributed by atoms with Gasteiger partial charge in [-0.2, -0.15) is 4.31 Å². The molecule has 1 fully saturated rings. The van der Waals surface area contributed by atoms with Gasteiger partial charge < -0.3 is 4.74 Å². The summed E-state index contributed by atoms with van der Waals surface area (Å²) in [6.45, 7) is 6.87. The van der Waals surface area contributed by atoms with Gasteiger partial charge in [-0.25, -0.2) is 13.4 Å². The zero-order chi connectivity index (χ0) is 22.0. The van der Waals surface area contributed by atoms with Crippen molar-refractivity contribution in [2.75, 3.05) is 33.3 Å². The van der Waals surface area contributed by atoms with E-state index in [0.717, 1.165) is 39.7 Å². The highest BCUT2D eigenvalue weighted by molar-refractivity contribution is 7.89. The Morgan fingerprint density at radius 1 is 1.06 bits per heavy atom. The molecule has 3 aromatic rings. The van der Waals surface area contributed by atoms with Crippen LogP contribution in [0.25, 0.3) is 11.3 Å². The van der Waals surface area contributed by atoms with Crippen molar-refractivity contribution in [3.05, 3.63) is 64.0 Å². The van der Waals surface area contributed by atoms with Crippen LogP contribution >= 0.6 is 11.3 Å². The molecule has 6 nitrogen and oxygen atoms in total. The van der Waals surface area contributed by atoms with E-state index in [2.05, 4.69) is 10.3 Å². The maximum Gasteiger partial charge on any atom is 0.243 e. The summed E-state index contributed by atoms with van der Waals surface area (Å²) in [6, 6.07) is 13.5. The molecule has 0 N–H and O–H groups in total. The first-order valence-electron chi connectivity index (χ1n) is 10.3. The van der Waals surface area contributed by atoms with Gasteiger partial charge in [0.25, 0.3) is 0 Å². The summed E-state index contributed by atoms with van der Waals surface area (Å²) in [5.41, 5.74) is 3.72. The fourth-order valence-corrected chi connectivity index (χ4v) is 6.32. The molecule has 1 aliphatic heterocycles. The second-order valence-corrected chi connectivity index (χ2v) is 10.7. The van der Waals surface area contributed by atoms with Crippen molar-refractivity contribution in [3.63, 3.8) is 0 Å². The van der Waals surface area contributed by atoms with Gasteiger partial charge >= 0.3 is 0 Å². The van der Waals surface area contributed by atoms with Gasteiger partial charge in [0.2, 0.25) is 10.0 Å². The van der Waals surface area contributed by atoms with Gasteiger partial charge in [-0.3, -0.25) is 4.90 Å². The maximum atomic E-state index is 13.1. The number of piperazine rings is 1. The fourth-order valence-electron chi connectivity index (χ4n) is 3.74. The summed E-state index contributed by atoms with van der Waals surface area (Å²) in [5.74, 6) is 0.813. The molecule has 2 heterocycles. The first-order chi connectivity index (χ1) is 14.9. The van der Waals surface area contributed by atoms with Crippen LogP contribution in [-0.2, 0) is 16.6 Å². The topological polar surface area (TPSA) is 62.7 Å². The number of hydrogen-bond acceptors (Lipinski definition) is 6. The van der Waals surface area contributed by atoms with Crippen LogP contribution in [0.4, 0.5) is 0 Å². The predicted octanol–water partition coefficient (Wildman–Crippen LogP) is 3.94. The van der Waals surface area contributed by atoms with Gasteiger partial charge in [0.15, 0.2) is 0 Å². The molecular formula is C23H27N3O3S2. The van der Waals surface area contributed by atoms with Crippen LogP contribution in [0.2, 0.25) is 0 Å². The highest BCUT2D eigenvalue weighted by Crippen LogP contribution is 2.27. The molecular weight excluding hydrogens is 430 g/mol. The molecule has 1 aliphatic rings. The molecule has 1 saturated heterocycles. The number of sulfonamides is 1. The number of ether oxygens (including phenoxy) is 1. The number of methoxy groups -OCH3 is 1. The molecule has 0 amide bonds. The van der Waals surface area contributed by atoms with Crippen molar-refractivity contribution in [2.45, 2.75) is 25.3 Å². The first kappa shape index (κ1) is 22.0. The molecule has 0 atom stereocenters. The highest BCUT2D eigenvalue weighted by Gasteiger charge is 2.29. The average molecular weight is 458 g/mol. The number of thiazole rings is 1. The lowest BCUT2D eigenvalue weighted by molar-refractivity contribution is 0.181. The quantitative estimate of drug-likeness (QED) is 0.561. The fraction of sp³-hybridized carbons (Fsp3) is 0.348. The van der Waals surface area contributed by atoms with Crippen molar-refractivity contribution in [2.24, 2.45) is 0 Å². The molecule has 0 aliphatic carbocycles. The molecule has 164 valence electrons. The minimum Gasteiger partial charge on any atom is -0.497 e. The minimum atomic E-state index is -3.47. The summed E-state index contributed by atoms with van der Waals surface area (Å²) in [6.07, 6.45) is 0. The maximum absolute atomic E-state index is 13.1. The first-order valence-corrected chi connectivity index (χ1v) is 12.6. The molecule has 0 saturated carbocycles. The van der Waals surface area contributed by atoms with Crippen LogP contribution in [0.15, 0.2) is 52.7 Å². The lowest BCUT2D eigenvalue weighted by atomic mass is 10.2. The van der Waals surface area contributed by atoms with E-state index in [1.54, 1.807) is 28.8 Å². The molecule has 8 heteroatoms. The summed E-state index contributed by atoms with van der Waals surface area (Å²) >= 11 is 1.63.